The fraction of sp³-hybridized carbons (Fsp3) is 0.882. The molecule has 0 aliphatic heterocycles. The van der Waals surface area contributed by atoms with E-state index in [0.29, 0.717) is 13.1 Å². The lowest BCUT2D eigenvalue weighted by Crippen LogP contribution is -2.43. The van der Waals surface area contributed by atoms with Gasteiger partial charge in [0.15, 0.2) is 5.96 Å². The number of aliphatic imine (C=N–C) groups is 1. The first-order valence-corrected chi connectivity index (χ1v) is 8.84. The molecule has 7 nitrogen and oxygen atoms in total. The smallest absolute Gasteiger partial charge is 0.410 e. The minimum absolute atomic E-state index is 0. The molecule has 150 valence electrons. The third-order valence-electron chi connectivity index (χ3n) is 2.96. The summed E-state index contributed by atoms with van der Waals surface area (Å²) in [5, 5.41) is 6.43. The van der Waals surface area contributed by atoms with E-state index in [0.717, 1.165) is 45.1 Å². The van der Waals surface area contributed by atoms with Gasteiger partial charge < -0.3 is 25.0 Å². The Labute approximate surface area is 170 Å². The maximum absolute atomic E-state index is 11.9. The summed E-state index contributed by atoms with van der Waals surface area (Å²) in [7, 11) is 1.73. The molecule has 8 heteroatoms. The van der Waals surface area contributed by atoms with E-state index in [1.165, 1.54) is 0 Å². The van der Waals surface area contributed by atoms with Crippen molar-refractivity contribution in [2.75, 3.05) is 46.4 Å². The van der Waals surface area contributed by atoms with Gasteiger partial charge in [-0.25, -0.2) is 4.79 Å². The number of guanidine groups is 1. The minimum atomic E-state index is -0.476. The van der Waals surface area contributed by atoms with Crippen LogP contribution < -0.4 is 10.6 Å². The average Bonchev–Trinajstić information content (AvgIpc) is 2.48. The minimum Gasteiger partial charge on any atom is -0.444 e. The van der Waals surface area contributed by atoms with E-state index in [2.05, 4.69) is 15.6 Å². The van der Waals surface area contributed by atoms with Crippen molar-refractivity contribution in [3.8, 4) is 0 Å². The molecule has 0 saturated carbocycles. The Morgan fingerprint density at radius 2 is 1.84 bits per heavy atom. The van der Waals surface area contributed by atoms with Gasteiger partial charge in [-0.2, -0.15) is 0 Å². The molecule has 25 heavy (non-hydrogen) atoms. The quantitative estimate of drug-likeness (QED) is 0.221. The Kier molecular flexibility index (Phi) is 16.4. The van der Waals surface area contributed by atoms with Crippen LogP contribution in [0.15, 0.2) is 4.99 Å². The number of carbonyl (C=O) groups excluding carboxylic acids is 1. The topological polar surface area (TPSA) is 75.2 Å². The molecular formula is C17H37IN4O3. The molecule has 0 spiro atoms. The number of likely N-dealkylation sites (N-methyl/N-ethyl adjacent to an activating group) is 1. The van der Waals surface area contributed by atoms with Crippen LogP contribution >= 0.6 is 24.0 Å². The van der Waals surface area contributed by atoms with Gasteiger partial charge in [0, 0.05) is 46.4 Å². The van der Waals surface area contributed by atoms with Crippen molar-refractivity contribution in [3.63, 3.8) is 0 Å². The SMILES string of the molecule is CCNC(=NCCCCOCC)NCCN(C)C(=O)OC(C)(C)C.I. The van der Waals surface area contributed by atoms with E-state index < -0.39 is 5.60 Å². The summed E-state index contributed by atoms with van der Waals surface area (Å²) in [6.45, 7) is 13.9. The van der Waals surface area contributed by atoms with Crippen molar-refractivity contribution < 1.29 is 14.3 Å². The third-order valence-corrected chi connectivity index (χ3v) is 2.96. The molecule has 0 bridgehead atoms. The summed E-state index contributed by atoms with van der Waals surface area (Å²) in [4.78, 5) is 18.0. The Bertz CT molecular complexity index is 373. The number of amides is 1. The van der Waals surface area contributed by atoms with Gasteiger partial charge in [0.05, 0.1) is 0 Å². The van der Waals surface area contributed by atoms with Gasteiger partial charge in [0.1, 0.15) is 5.60 Å². The second kappa shape index (κ2) is 15.5. The largest absolute Gasteiger partial charge is 0.444 e. The molecule has 0 aliphatic rings. The van der Waals surface area contributed by atoms with Crippen molar-refractivity contribution in [2.24, 2.45) is 4.99 Å². The zero-order valence-electron chi connectivity index (χ0n) is 16.7. The summed E-state index contributed by atoms with van der Waals surface area (Å²) < 4.78 is 10.6. The van der Waals surface area contributed by atoms with Gasteiger partial charge in [-0.1, -0.05) is 0 Å². The summed E-state index contributed by atoms with van der Waals surface area (Å²) in [5.74, 6) is 0.770. The van der Waals surface area contributed by atoms with E-state index in [-0.39, 0.29) is 30.1 Å². The number of hydrogen-bond donors (Lipinski definition) is 2. The number of carbonyl (C=O) groups is 1. The first-order chi connectivity index (χ1) is 11.3. The Hall–Kier alpha value is -0.770. The molecule has 0 heterocycles. The average molecular weight is 472 g/mol. The van der Waals surface area contributed by atoms with Crippen LogP contribution in [0.1, 0.15) is 47.5 Å². The number of nitrogens with one attached hydrogen (secondary N) is 2. The highest BCUT2D eigenvalue weighted by Crippen LogP contribution is 2.08. The first kappa shape index (κ1) is 26.5. The molecule has 2 N–H and O–H groups in total. The maximum Gasteiger partial charge on any atom is 0.410 e. The second-order valence-electron chi connectivity index (χ2n) is 6.49. The van der Waals surface area contributed by atoms with Crippen LogP contribution in [0, 0.1) is 0 Å². The van der Waals surface area contributed by atoms with Crippen LogP contribution in [0.3, 0.4) is 0 Å². The first-order valence-electron chi connectivity index (χ1n) is 8.84. The van der Waals surface area contributed by atoms with Gasteiger partial charge in [-0.15, -0.1) is 24.0 Å². The van der Waals surface area contributed by atoms with E-state index in [9.17, 15) is 4.79 Å². The highest BCUT2D eigenvalue weighted by Gasteiger charge is 2.19. The summed E-state index contributed by atoms with van der Waals surface area (Å²) in [5.41, 5.74) is -0.476. The van der Waals surface area contributed by atoms with Crippen molar-refractivity contribution in [2.45, 2.75) is 53.1 Å². The lowest BCUT2D eigenvalue weighted by molar-refractivity contribution is 0.0302. The predicted octanol–water partition coefficient (Wildman–Crippen LogP) is 2.84. The number of nitrogens with zero attached hydrogens (tertiary/aromatic N) is 2. The van der Waals surface area contributed by atoms with E-state index >= 15 is 0 Å². The van der Waals surface area contributed by atoms with Gasteiger partial charge in [-0.3, -0.25) is 4.99 Å². The van der Waals surface area contributed by atoms with Crippen LogP contribution in [-0.2, 0) is 9.47 Å². The Morgan fingerprint density at radius 3 is 2.40 bits per heavy atom. The van der Waals surface area contributed by atoms with E-state index in [1.54, 1.807) is 11.9 Å². The lowest BCUT2D eigenvalue weighted by Gasteiger charge is -2.24. The van der Waals surface area contributed by atoms with Gasteiger partial charge >= 0.3 is 6.09 Å². The number of ether oxygens (including phenoxy) is 2. The Balaban J connectivity index is 0. The van der Waals surface area contributed by atoms with Crippen LogP contribution in [0.25, 0.3) is 0 Å². The normalized spacial score (nSPS) is 11.5. The van der Waals surface area contributed by atoms with E-state index in [1.807, 2.05) is 34.6 Å². The van der Waals surface area contributed by atoms with Crippen molar-refractivity contribution in [1.29, 1.82) is 0 Å². The van der Waals surface area contributed by atoms with Crippen molar-refractivity contribution in [3.05, 3.63) is 0 Å². The van der Waals surface area contributed by atoms with Crippen LogP contribution in [-0.4, -0.2) is 69.0 Å². The van der Waals surface area contributed by atoms with Crippen molar-refractivity contribution >= 4 is 36.0 Å². The van der Waals surface area contributed by atoms with Crippen LogP contribution in [0.4, 0.5) is 4.79 Å². The summed E-state index contributed by atoms with van der Waals surface area (Å²) in [6.07, 6.45) is 1.69. The molecule has 1 amide bonds. The highest BCUT2D eigenvalue weighted by molar-refractivity contribution is 14.0. The zero-order chi connectivity index (χ0) is 18.4. The number of halogens is 1. The molecule has 0 aromatic carbocycles. The number of rotatable bonds is 10. The molecule has 0 aromatic rings. The summed E-state index contributed by atoms with van der Waals surface area (Å²) in [6, 6.07) is 0. The molecule has 0 fully saturated rings. The fourth-order valence-corrected chi connectivity index (χ4v) is 1.77. The van der Waals surface area contributed by atoms with Crippen LogP contribution in [0.2, 0.25) is 0 Å². The maximum atomic E-state index is 11.9. The molecule has 0 saturated heterocycles. The second-order valence-corrected chi connectivity index (χ2v) is 6.49. The molecular weight excluding hydrogens is 435 g/mol. The molecule has 0 aromatic heterocycles. The van der Waals surface area contributed by atoms with Crippen LogP contribution in [0.5, 0.6) is 0 Å². The lowest BCUT2D eigenvalue weighted by atomic mass is 10.2. The molecule has 0 rings (SSSR count). The summed E-state index contributed by atoms with van der Waals surface area (Å²) >= 11 is 0. The number of hydrogen-bond acceptors (Lipinski definition) is 4. The Morgan fingerprint density at radius 1 is 1.16 bits per heavy atom. The van der Waals surface area contributed by atoms with Gasteiger partial charge in [0.25, 0.3) is 0 Å². The zero-order valence-corrected chi connectivity index (χ0v) is 19.0. The molecule has 0 aliphatic carbocycles. The fourth-order valence-electron chi connectivity index (χ4n) is 1.77. The number of unbranched alkanes of at least 4 members (excludes halogenated alkanes) is 1. The monoisotopic (exact) mass is 472 g/mol. The van der Waals surface area contributed by atoms with E-state index in [4.69, 9.17) is 9.47 Å². The van der Waals surface area contributed by atoms with Gasteiger partial charge in [-0.05, 0) is 47.5 Å². The molecule has 0 unspecified atom stereocenters. The third kappa shape index (κ3) is 16.4. The van der Waals surface area contributed by atoms with Crippen molar-refractivity contribution in [1.82, 2.24) is 15.5 Å². The highest BCUT2D eigenvalue weighted by atomic mass is 127. The standard InChI is InChI=1S/C17H36N4O3.HI/c1-7-18-15(19-11-9-10-14-23-8-2)20-12-13-21(6)16(22)24-17(3,4)5;/h7-14H2,1-6H3,(H2,18,19,20);1H. The van der Waals surface area contributed by atoms with Gasteiger partial charge in [0.2, 0.25) is 0 Å². The molecule has 0 atom stereocenters. The predicted molar refractivity (Wildman–Crippen MR) is 114 cm³/mol. The molecule has 0 radical (unpaired) electrons.